The summed E-state index contributed by atoms with van der Waals surface area (Å²) in [4.78, 5) is 13.4. The first kappa shape index (κ1) is 20.3. The van der Waals surface area contributed by atoms with Gasteiger partial charge in [0.25, 0.3) is 5.56 Å². The van der Waals surface area contributed by atoms with Gasteiger partial charge in [-0.05, 0) is 55.3 Å². The summed E-state index contributed by atoms with van der Waals surface area (Å²) < 4.78 is 8.85. The molecule has 2 heterocycles. The van der Waals surface area contributed by atoms with E-state index >= 15 is 0 Å². The first-order valence-corrected chi connectivity index (χ1v) is 11.4. The molecule has 5 rings (SSSR count). The molecule has 0 atom stereocenters. The van der Waals surface area contributed by atoms with Crippen LogP contribution >= 0.6 is 11.8 Å². The maximum Gasteiger partial charge on any atom is 0.267 e. The van der Waals surface area contributed by atoms with Crippen LogP contribution in [0.2, 0.25) is 0 Å². The number of hydrogen-bond acceptors (Lipinski definition) is 5. The van der Waals surface area contributed by atoms with Crippen molar-refractivity contribution in [2.75, 3.05) is 12.9 Å². The molecule has 0 aliphatic rings. The lowest BCUT2D eigenvalue weighted by Crippen LogP contribution is -2.21. The highest BCUT2D eigenvalue weighted by Gasteiger charge is 2.17. The summed E-state index contributed by atoms with van der Waals surface area (Å²) in [5.41, 5.74) is 3.86. The lowest BCUT2D eigenvalue weighted by Gasteiger charge is -2.11. The number of ether oxygens (including phenoxy) is 1. The molecule has 160 valence electrons. The van der Waals surface area contributed by atoms with E-state index in [1.54, 1.807) is 23.4 Å². The number of methoxy groups -OCH3 is 1. The number of thioether (sulfide) groups is 1. The monoisotopic (exact) mass is 442 g/mol. The second-order valence-corrected chi connectivity index (χ2v) is 8.62. The Morgan fingerprint density at radius 2 is 1.69 bits per heavy atom. The SMILES string of the molecule is COc1ccc(CCSc2nnc3n(-c4ccc(C)cc4)c(=O)c4ccccc4n23)cc1. The van der Waals surface area contributed by atoms with E-state index in [9.17, 15) is 4.79 Å². The fourth-order valence-electron chi connectivity index (χ4n) is 3.75. The minimum absolute atomic E-state index is 0.0980. The highest BCUT2D eigenvalue weighted by molar-refractivity contribution is 7.99. The van der Waals surface area contributed by atoms with Gasteiger partial charge in [0.05, 0.1) is 23.7 Å². The van der Waals surface area contributed by atoms with Gasteiger partial charge in [0.2, 0.25) is 5.78 Å². The van der Waals surface area contributed by atoms with E-state index in [0.29, 0.717) is 11.2 Å². The number of aromatic nitrogens is 4. The van der Waals surface area contributed by atoms with Gasteiger partial charge in [-0.15, -0.1) is 10.2 Å². The van der Waals surface area contributed by atoms with Gasteiger partial charge in [-0.2, -0.15) is 0 Å². The third-order valence-electron chi connectivity index (χ3n) is 5.47. The number of benzene rings is 3. The molecule has 0 aliphatic carbocycles. The van der Waals surface area contributed by atoms with Crippen molar-refractivity contribution in [2.24, 2.45) is 0 Å². The molecule has 0 amide bonds. The number of aryl methyl sites for hydroxylation is 2. The van der Waals surface area contributed by atoms with Crippen molar-refractivity contribution in [3.8, 4) is 11.4 Å². The van der Waals surface area contributed by atoms with E-state index in [1.807, 2.05) is 72.0 Å². The minimum atomic E-state index is -0.0980. The van der Waals surface area contributed by atoms with Crippen molar-refractivity contribution >= 4 is 28.4 Å². The number of para-hydroxylation sites is 1. The number of nitrogens with zero attached hydrogens (tertiary/aromatic N) is 4. The first-order valence-electron chi connectivity index (χ1n) is 10.4. The van der Waals surface area contributed by atoms with Gasteiger partial charge >= 0.3 is 0 Å². The van der Waals surface area contributed by atoms with Crippen LogP contribution in [-0.4, -0.2) is 32.0 Å². The molecule has 5 aromatic rings. The molecule has 7 heteroatoms. The molecule has 0 saturated heterocycles. The van der Waals surface area contributed by atoms with Crippen LogP contribution in [0.3, 0.4) is 0 Å². The van der Waals surface area contributed by atoms with Crippen molar-refractivity contribution < 1.29 is 4.74 Å². The van der Waals surface area contributed by atoms with E-state index in [1.165, 1.54) is 5.56 Å². The summed E-state index contributed by atoms with van der Waals surface area (Å²) in [6.07, 6.45) is 0.888. The van der Waals surface area contributed by atoms with Crippen LogP contribution in [0.25, 0.3) is 22.4 Å². The number of rotatable bonds is 6. The van der Waals surface area contributed by atoms with Crippen LogP contribution < -0.4 is 10.3 Å². The molecular formula is C25H22N4O2S. The smallest absolute Gasteiger partial charge is 0.267 e. The van der Waals surface area contributed by atoms with Gasteiger partial charge in [-0.3, -0.25) is 9.20 Å². The van der Waals surface area contributed by atoms with Crippen LogP contribution in [0.15, 0.2) is 82.7 Å². The summed E-state index contributed by atoms with van der Waals surface area (Å²) >= 11 is 1.63. The molecule has 32 heavy (non-hydrogen) atoms. The minimum Gasteiger partial charge on any atom is -0.497 e. The van der Waals surface area contributed by atoms with Gasteiger partial charge in [0.1, 0.15) is 5.75 Å². The molecule has 0 fully saturated rings. The zero-order valence-electron chi connectivity index (χ0n) is 17.9. The molecule has 0 aliphatic heterocycles. The largest absolute Gasteiger partial charge is 0.497 e. The lowest BCUT2D eigenvalue weighted by atomic mass is 10.2. The Hall–Kier alpha value is -3.58. The standard InChI is InChI=1S/C25H22N4O2S/c1-17-7-11-19(12-8-17)28-23(30)21-5-3-4-6-22(21)29-24(28)26-27-25(29)32-16-15-18-9-13-20(31-2)14-10-18/h3-14H,15-16H2,1-2H3. The maximum atomic E-state index is 13.4. The normalized spacial score (nSPS) is 11.3. The Labute approximate surface area is 189 Å². The third-order valence-corrected chi connectivity index (χ3v) is 6.40. The van der Waals surface area contributed by atoms with Crippen LogP contribution in [0.5, 0.6) is 5.75 Å². The number of fused-ring (bicyclic) bond motifs is 3. The molecular weight excluding hydrogens is 420 g/mol. The van der Waals surface area contributed by atoms with E-state index in [-0.39, 0.29) is 5.56 Å². The van der Waals surface area contributed by atoms with Crippen molar-refractivity contribution in [3.05, 3.63) is 94.3 Å². The van der Waals surface area contributed by atoms with Crippen LogP contribution in [0.4, 0.5) is 0 Å². The molecule has 0 radical (unpaired) electrons. The number of hydrogen-bond donors (Lipinski definition) is 0. The van der Waals surface area contributed by atoms with Crippen LogP contribution in [0.1, 0.15) is 11.1 Å². The van der Waals surface area contributed by atoms with Crippen molar-refractivity contribution in [3.63, 3.8) is 0 Å². The molecule has 2 aromatic heterocycles. The maximum absolute atomic E-state index is 13.4. The van der Waals surface area contributed by atoms with Gasteiger partial charge < -0.3 is 4.74 Å². The van der Waals surface area contributed by atoms with Crippen molar-refractivity contribution in [1.82, 2.24) is 19.2 Å². The molecule has 3 aromatic carbocycles. The third kappa shape index (κ3) is 3.65. The van der Waals surface area contributed by atoms with Gasteiger partial charge in [0.15, 0.2) is 5.16 Å². The molecule has 0 unspecified atom stereocenters. The topological polar surface area (TPSA) is 61.4 Å². The fraction of sp³-hybridized carbons (Fsp3) is 0.160. The summed E-state index contributed by atoms with van der Waals surface area (Å²) in [5, 5.41) is 10.3. The molecule has 6 nitrogen and oxygen atoms in total. The summed E-state index contributed by atoms with van der Waals surface area (Å²) in [6.45, 7) is 2.02. The molecule has 0 N–H and O–H groups in total. The van der Waals surface area contributed by atoms with Crippen LogP contribution in [0, 0.1) is 6.92 Å². The highest BCUT2D eigenvalue weighted by Crippen LogP contribution is 2.24. The van der Waals surface area contributed by atoms with Crippen LogP contribution in [-0.2, 0) is 6.42 Å². The van der Waals surface area contributed by atoms with E-state index in [2.05, 4.69) is 22.3 Å². The molecule has 0 saturated carbocycles. The highest BCUT2D eigenvalue weighted by atomic mass is 32.2. The average molecular weight is 443 g/mol. The van der Waals surface area contributed by atoms with Crippen molar-refractivity contribution in [1.29, 1.82) is 0 Å². The zero-order chi connectivity index (χ0) is 22.1. The van der Waals surface area contributed by atoms with E-state index in [4.69, 9.17) is 4.74 Å². The summed E-state index contributed by atoms with van der Waals surface area (Å²) in [7, 11) is 1.67. The second kappa shape index (κ2) is 8.51. The lowest BCUT2D eigenvalue weighted by molar-refractivity contribution is 0.414. The summed E-state index contributed by atoms with van der Waals surface area (Å²) in [6, 6.07) is 23.6. The Balaban J connectivity index is 1.56. The Kier molecular flexibility index (Phi) is 5.41. The predicted molar refractivity (Wildman–Crippen MR) is 128 cm³/mol. The Bertz CT molecular complexity index is 1450. The van der Waals surface area contributed by atoms with Gasteiger partial charge in [0, 0.05) is 5.75 Å². The fourth-order valence-corrected chi connectivity index (χ4v) is 4.68. The first-order chi connectivity index (χ1) is 15.7. The van der Waals surface area contributed by atoms with Crippen molar-refractivity contribution in [2.45, 2.75) is 18.5 Å². The van der Waals surface area contributed by atoms with E-state index in [0.717, 1.165) is 39.8 Å². The second-order valence-electron chi connectivity index (χ2n) is 7.56. The Morgan fingerprint density at radius 3 is 2.44 bits per heavy atom. The summed E-state index contributed by atoms with van der Waals surface area (Å²) in [5.74, 6) is 2.21. The Morgan fingerprint density at radius 1 is 0.938 bits per heavy atom. The van der Waals surface area contributed by atoms with Gasteiger partial charge in [-0.25, -0.2) is 4.57 Å². The molecule has 0 bridgehead atoms. The predicted octanol–water partition coefficient (Wildman–Crippen LogP) is 4.69. The average Bonchev–Trinajstić information content (AvgIpc) is 3.24. The molecule has 0 spiro atoms. The zero-order valence-corrected chi connectivity index (χ0v) is 18.7. The quantitative estimate of drug-likeness (QED) is 0.357. The van der Waals surface area contributed by atoms with E-state index < -0.39 is 0 Å². The van der Waals surface area contributed by atoms with Gasteiger partial charge in [-0.1, -0.05) is 53.7 Å².